The number of alkyl halides is 1. The van der Waals surface area contributed by atoms with Crippen molar-refractivity contribution in [3.63, 3.8) is 0 Å². The fourth-order valence-corrected chi connectivity index (χ4v) is 3.45. The summed E-state index contributed by atoms with van der Waals surface area (Å²) < 4.78 is 42.4. The first-order chi connectivity index (χ1) is 10.6. The first-order valence-electron chi connectivity index (χ1n) is 7.63. The van der Waals surface area contributed by atoms with Crippen LogP contribution in [0.4, 0.5) is 13.2 Å². The van der Waals surface area contributed by atoms with Crippen molar-refractivity contribution in [1.29, 1.82) is 0 Å². The predicted octanol–water partition coefficient (Wildman–Crippen LogP) is 6.39. The Balaban J connectivity index is 1.94. The van der Waals surface area contributed by atoms with E-state index in [1.807, 2.05) is 0 Å². The Kier molecular flexibility index (Phi) is 6.80. The lowest BCUT2D eigenvalue weighted by molar-refractivity contribution is 0.308. The molecule has 0 radical (unpaired) electrons. The van der Waals surface area contributed by atoms with Gasteiger partial charge in [0.15, 0.2) is 17.8 Å². The third-order valence-corrected chi connectivity index (χ3v) is 4.86. The van der Waals surface area contributed by atoms with Crippen LogP contribution in [0.25, 0.3) is 0 Å². The van der Waals surface area contributed by atoms with Crippen molar-refractivity contribution in [2.45, 2.75) is 44.4 Å². The van der Waals surface area contributed by atoms with Crippen molar-refractivity contribution in [2.75, 3.05) is 5.33 Å². The highest BCUT2D eigenvalue weighted by molar-refractivity contribution is 9.09. The maximum Gasteiger partial charge on any atom is 0.305 e. The van der Waals surface area contributed by atoms with Gasteiger partial charge < -0.3 is 4.74 Å². The molecule has 1 aliphatic rings. The van der Waals surface area contributed by atoms with Crippen LogP contribution in [0.1, 0.15) is 50.0 Å². The van der Waals surface area contributed by atoms with Crippen molar-refractivity contribution in [3.8, 4) is 5.75 Å². The average Bonchev–Trinajstić information content (AvgIpc) is 2.52. The summed E-state index contributed by atoms with van der Waals surface area (Å²) in [5.41, 5.74) is 0.938. The predicted molar refractivity (Wildman–Crippen MR) is 85.1 cm³/mol. The van der Waals surface area contributed by atoms with Crippen molar-refractivity contribution in [3.05, 3.63) is 41.9 Å². The normalized spacial score (nSPS) is 21.5. The van der Waals surface area contributed by atoms with Crippen LogP contribution in [0.3, 0.4) is 0 Å². The van der Waals surface area contributed by atoms with E-state index in [0.29, 0.717) is 5.92 Å². The van der Waals surface area contributed by atoms with Crippen LogP contribution >= 0.6 is 15.9 Å². The smallest absolute Gasteiger partial charge is 0.305 e. The van der Waals surface area contributed by atoms with Gasteiger partial charge in [-0.15, -0.1) is 0 Å². The zero-order chi connectivity index (χ0) is 15.9. The zero-order valence-electron chi connectivity index (χ0n) is 12.3. The molecule has 0 heterocycles. The summed E-state index contributed by atoms with van der Waals surface area (Å²) in [5.74, 6) is 0.384. The molecule has 5 heteroatoms. The number of benzene rings is 1. The topological polar surface area (TPSA) is 9.23 Å². The Morgan fingerprint density at radius 2 is 1.95 bits per heavy atom. The summed E-state index contributed by atoms with van der Waals surface area (Å²) in [6.07, 6.45) is 5.20. The van der Waals surface area contributed by atoms with Gasteiger partial charge in [0, 0.05) is 5.33 Å². The van der Waals surface area contributed by atoms with Crippen LogP contribution in [0.2, 0.25) is 0 Å². The molecule has 1 aromatic rings. The van der Waals surface area contributed by atoms with Crippen LogP contribution in [-0.4, -0.2) is 5.33 Å². The molecule has 0 bridgehead atoms. The lowest BCUT2D eigenvalue weighted by Crippen LogP contribution is -2.13. The molecule has 1 saturated carbocycles. The van der Waals surface area contributed by atoms with Crippen molar-refractivity contribution >= 4 is 15.9 Å². The van der Waals surface area contributed by atoms with Crippen LogP contribution in [0, 0.1) is 11.7 Å². The summed E-state index contributed by atoms with van der Waals surface area (Å²) >= 11 is 3.46. The van der Waals surface area contributed by atoms with E-state index in [9.17, 15) is 13.2 Å². The Hall–Kier alpha value is -0.970. The fourth-order valence-electron chi connectivity index (χ4n) is 3.12. The SMILES string of the molecule is FC(F)=COc1ccc([C@H]2CC[C@H](CCCBr)CC2)cc1F. The van der Waals surface area contributed by atoms with E-state index in [4.69, 9.17) is 0 Å². The number of halogens is 4. The summed E-state index contributed by atoms with van der Waals surface area (Å²) in [5, 5.41) is 1.05. The molecule has 1 aliphatic carbocycles. The molecule has 22 heavy (non-hydrogen) atoms. The summed E-state index contributed by atoms with van der Waals surface area (Å²) in [7, 11) is 0. The number of hydrogen-bond acceptors (Lipinski definition) is 1. The van der Waals surface area contributed by atoms with Crippen LogP contribution in [0.5, 0.6) is 5.75 Å². The summed E-state index contributed by atoms with van der Waals surface area (Å²) in [4.78, 5) is 0. The van der Waals surface area contributed by atoms with Gasteiger partial charge in [-0.1, -0.05) is 22.0 Å². The molecule has 0 aromatic heterocycles. The van der Waals surface area contributed by atoms with Gasteiger partial charge in [-0.3, -0.25) is 0 Å². The third kappa shape index (κ3) is 5.04. The molecule has 0 N–H and O–H groups in total. The zero-order valence-corrected chi connectivity index (χ0v) is 13.9. The molecule has 0 saturated heterocycles. The molecule has 0 unspecified atom stereocenters. The molecule has 1 fully saturated rings. The van der Waals surface area contributed by atoms with Gasteiger partial charge in [0.25, 0.3) is 0 Å². The first-order valence-corrected chi connectivity index (χ1v) is 8.75. The quantitative estimate of drug-likeness (QED) is 0.412. The average molecular weight is 377 g/mol. The summed E-state index contributed by atoms with van der Waals surface area (Å²) in [6.45, 7) is 0. The Bertz CT molecular complexity index is 507. The fraction of sp³-hybridized carbons (Fsp3) is 0.529. The van der Waals surface area contributed by atoms with Gasteiger partial charge in [0.05, 0.1) is 0 Å². The van der Waals surface area contributed by atoms with Gasteiger partial charge in [0.1, 0.15) is 0 Å². The molecular weight excluding hydrogens is 357 g/mol. The van der Waals surface area contributed by atoms with E-state index in [1.54, 1.807) is 6.07 Å². The van der Waals surface area contributed by atoms with Gasteiger partial charge in [-0.2, -0.15) is 8.78 Å². The van der Waals surface area contributed by atoms with Crippen molar-refractivity contribution in [2.24, 2.45) is 5.92 Å². The maximum atomic E-state index is 13.9. The monoisotopic (exact) mass is 376 g/mol. The van der Waals surface area contributed by atoms with Crippen LogP contribution in [0.15, 0.2) is 30.5 Å². The van der Waals surface area contributed by atoms with Crippen LogP contribution in [-0.2, 0) is 0 Å². The van der Waals surface area contributed by atoms with Gasteiger partial charge in [0.2, 0.25) is 0 Å². The molecule has 1 nitrogen and oxygen atoms in total. The number of ether oxygens (including phenoxy) is 1. The second-order valence-electron chi connectivity index (χ2n) is 5.76. The Labute approximate surface area is 137 Å². The highest BCUT2D eigenvalue weighted by Gasteiger charge is 2.22. The van der Waals surface area contributed by atoms with E-state index in [1.165, 1.54) is 37.8 Å². The molecule has 0 spiro atoms. The van der Waals surface area contributed by atoms with E-state index in [-0.39, 0.29) is 12.0 Å². The second-order valence-corrected chi connectivity index (χ2v) is 6.56. The Morgan fingerprint density at radius 1 is 1.23 bits per heavy atom. The van der Waals surface area contributed by atoms with Crippen LogP contribution < -0.4 is 4.74 Å². The number of hydrogen-bond donors (Lipinski definition) is 0. The molecule has 0 atom stereocenters. The first kappa shape index (κ1) is 17.4. The highest BCUT2D eigenvalue weighted by atomic mass is 79.9. The molecule has 1 aromatic carbocycles. The maximum absolute atomic E-state index is 13.9. The van der Waals surface area contributed by atoms with Gasteiger partial charge in [-0.05, 0) is 68.1 Å². The minimum absolute atomic E-state index is 0.164. The van der Waals surface area contributed by atoms with Gasteiger partial charge >= 0.3 is 6.08 Å². The minimum Gasteiger partial charge on any atom is -0.456 e. The molecule has 122 valence electrons. The Morgan fingerprint density at radius 3 is 2.55 bits per heavy atom. The lowest BCUT2D eigenvalue weighted by atomic mass is 9.77. The molecule has 0 aliphatic heterocycles. The standard InChI is InChI=1S/C17H20BrF3O/c18-9-1-2-12-3-5-13(6-4-12)14-7-8-16(15(19)10-14)22-11-17(20)21/h7-8,10-13H,1-6,9H2/t12-,13-. The van der Waals surface area contributed by atoms with E-state index in [2.05, 4.69) is 20.7 Å². The minimum atomic E-state index is -1.98. The van der Waals surface area contributed by atoms with Gasteiger partial charge in [-0.25, -0.2) is 4.39 Å². The van der Waals surface area contributed by atoms with Crippen molar-refractivity contribution < 1.29 is 17.9 Å². The number of rotatable bonds is 6. The lowest BCUT2D eigenvalue weighted by Gasteiger charge is -2.28. The highest BCUT2D eigenvalue weighted by Crippen LogP contribution is 2.38. The van der Waals surface area contributed by atoms with Crippen molar-refractivity contribution in [1.82, 2.24) is 0 Å². The second kappa shape index (κ2) is 8.61. The van der Waals surface area contributed by atoms with E-state index in [0.717, 1.165) is 29.7 Å². The van der Waals surface area contributed by atoms with E-state index >= 15 is 0 Å². The largest absolute Gasteiger partial charge is 0.456 e. The molecule has 2 rings (SSSR count). The third-order valence-electron chi connectivity index (χ3n) is 4.30. The molecular formula is C17H20BrF3O. The molecule has 0 amide bonds. The summed E-state index contributed by atoms with van der Waals surface area (Å²) in [6, 6.07) is 4.63. The van der Waals surface area contributed by atoms with E-state index < -0.39 is 11.9 Å².